The van der Waals surface area contributed by atoms with Gasteiger partial charge in [0.2, 0.25) is 28.5 Å². The van der Waals surface area contributed by atoms with E-state index in [2.05, 4.69) is 309 Å². The van der Waals surface area contributed by atoms with E-state index in [1.54, 1.807) is 0 Å². The zero-order valence-electron chi connectivity index (χ0n) is 60.7. The number of nitrogens with zero attached hydrogens (tertiary/aromatic N) is 5. The number of aromatic nitrogens is 5. The lowest BCUT2D eigenvalue weighted by atomic mass is 9.88. The summed E-state index contributed by atoms with van der Waals surface area (Å²) in [7, 11) is 10.5. The highest BCUT2D eigenvalue weighted by atomic mass is 14.9. The van der Waals surface area contributed by atoms with E-state index >= 15 is 0 Å². The maximum atomic E-state index is 8.46. The van der Waals surface area contributed by atoms with Gasteiger partial charge >= 0.3 is 0 Å². The van der Waals surface area contributed by atoms with E-state index in [4.69, 9.17) is 2.74 Å². The Morgan fingerprint density at radius 2 is 0.674 bits per heavy atom. The van der Waals surface area contributed by atoms with Crippen molar-refractivity contribution in [1.82, 2.24) is 0 Å². The molecule has 0 aliphatic rings. The molecule has 0 aliphatic heterocycles. The van der Waals surface area contributed by atoms with Crippen LogP contribution in [0.2, 0.25) is 0 Å². The molecule has 89 heavy (non-hydrogen) atoms. The summed E-state index contributed by atoms with van der Waals surface area (Å²) in [5.74, 6) is 1.14. The average Bonchev–Trinajstić information content (AvgIpc) is 0.849. The molecule has 464 valence electrons. The minimum Gasteiger partial charge on any atom is -0.201 e. The number of rotatable bonds is 10. The quantitative estimate of drug-likeness (QED) is 0.122. The van der Waals surface area contributed by atoms with Gasteiger partial charge in [-0.25, -0.2) is 22.8 Å². The van der Waals surface area contributed by atoms with Crippen LogP contribution in [-0.4, -0.2) is 0 Å². The summed E-state index contributed by atoms with van der Waals surface area (Å²) in [6.45, 7) is 38.8. The molecule has 0 radical (unpaired) electrons. The topological polar surface area (TPSA) is 19.4 Å². The largest absolute Gasteiger partial charge is 0.212 e. The van der Waals surface area contributed by atoms with Crippen LogP contribution in [0.5, 0.6) is 0 Å². The molecule has 5 aromatic heterocycles. The highest BCUT2D eigenvalue weighted by molar-refractivity contribution is 5.65. The molecular weight excluding hydrogens is 1080 g/mol. The lowest BCUT2D eigenvalue weighted by molar-refractivity contribution is -0.661. The van der Waals surface area contributed by atoms with Crippen LogP contribution < -0.4 is 22.8 Å². The van der Waals surface area contributed by atoms with Crippen LogP contribution in [0.1, 0.15) is 155 Å². The summed E-state index contributed by atoms with van der Waals surface area (Å²) in [6.07, 6.45) is 11.7. The Bertz CT molecular complexity index is 4100. The third-order valence-corrected chi connectivity index (χ3v) is 17.0. The first-order valence-corrected chi connectivity index (χ1v) is 32.2. The predicted octanol–water partition coefficient (Wildman–Crippen LogP) is 18.6. The van der Waals surface area contributed by atoms with Crippen molar-refractivity contribution in [2.24, 2.45) is 40.7 Å². The highest BCUT2D eigenvalue weighted by Gasteiger charge is 2.21. The molecule has 0 spiro atoms. The minimum atomic E-state index is -1.38. The molecule has 0 N–H and O–H groups in total. The van der Waals surface area contributed by atoms with Crippen molar-refractivity contribution in [3.05, 3.63) is 267 Å². The third-order valence-electron chi connectivity index (χ3n) is 17.0. The zero-order chi connectivity index (χ0) is 67.2. The smallest absolute Gasteiger partial charge is 0.201 e. The first-order chi connectivity index (χ1) is 42.9. The van der Waals surface area contributed by atoms with Crippen molar-refractivity contribution in [3.63, 3.8) is 0 Å². The maximum absolute atomic E-state index is 8.46. The van der Waals surface area contributed by atoms with Crippen molar-refractivity contribution in [2.45, 2.75) is 156 Å². The van der Waals surface area contributed by atoms with Crippen molar-refractivity contribution in [1.29, 1.82) is 0 Å². The Morgan fingerprint density at radius 1 is 0.337 bits per heavy atom. The van der Waals surface area contributed by atoms with Crippen LogP contribution in [0.4, 0.5) is 0 Å². The Morgan fingerprint density at radius 3 is 1.06 bits per heavy atom. The van der Waals surface area contributed by atoms with Crippen LogP contribution in [0, 0.1) is 67.7 Å². The fourth-order valence-corrected chi connectivity index (χ4v) is 11.9. The Balaban J connectivity index is 0.000000181. The van der Waals surface area contributed by atoms with Crippen molar-refractivity contribution in [3.8, 4) is 56.3 Å². The lowest BCUT2D eigenvalue weighted by Gasteiger charge is -2.18. The Kier molecular flexibility index (Phi) is 23.9. The van der Waals surface area contributed by atoms with E-state index in [9.17, 15) is 0 Å². The lowest BCUT2D eigenvalue weighted by Crippen LogP contribution is -2.32. The Hall–Kier alpha value is -8.15. The molecule has 5 aromatic carbocycles. The van der Waals surface area contributed by atoms with E-state index in [-0.39, 0.29) is 0 Å². The van der Waals surface area contributed by atoms with Gasteiger partial charge in [0.25, 0.3) is 0 Å². The summed E-state index contributed by atoms with van der Waals surface area (Å²) in [6, 6.07) is 55.6. The fourth-order valence-electron chi connectivity index (χ4n) is 11.9. The second-order valence-corrected chi connectivity index (χ2v) is 26.1. The fraction of sp³-hybridized carbons (Fsp3) is 0.345. The van der Waals surface area contributed by atoms with Gasteiger partial charge in [0.05, 0.1) is 0 Å². The molecule has 0 saturated heterocycles. The summed E-state index contributed by atoms with van der Waals surface area (Å²) in [4.78, 5) is 0. The first kappa shape index (κ1) is 66.8. The van der Waals surface area contributed by atoms with Crippen LogP contribution in [-0.2, 0) is 54.5 Å². The predicted molar refractivity (Wildman–Crippen MR) is 378 cm³/mol. The van der Waals surface area contributed by atoms with Crippen molar-refractivity contribution in [2.75, 3.05) is 0 Å². The molecule has 5 nitrogen and oxygen atoms in total. The zero-order valence-corrected chi connectivity index (χ0v) is 58.7. The number of aryl methyl sites for hydroxylation is 16. The van der Waals surface area contributed by atoms with Crippen LogP contribution >= 0.6 is 0 Å². The highest BCUT2D eigenvalue weighted by Crippen LogP contribution is 2.29. The second-order valence-electron chi connectivity index (χ2n) is 26.1. The molecule has 0 fully saturated rings. The van der Waals surface area contributed by atoms with Gasteiger partial charge in [-0.1, -0.05) is 153 Å². The van der Waals surface area contributed by atoms with Gasteiger partial charge in [-0.15, -0.1) is 0 Å². The van der Waals surface area contributed by atoms with Crippen molar-refractivity contribution >= 4 is 0 Å². The molecule has 5 heteroatoms. The summed E-state index contributed by atoms with van der Waals surface area (Å²) >= 11 is 0. The average molecular weight is 1190 g/mol. The summed E-state index contributed by atoms with van der Waals surface area (Å²) < 4.78 is 27.9. The van der Waals surface area contributed by atoms with Crippen molar-refractivity contribution < 1.29 is 25.6 Å². The van der Waals surface area contributed by atoms with Crippen LogP contribution in [0.25, 0.3) is 56.3 Å². The Labute approximate surface area is 542 Å². The molecule has 10 aromatic rings. The van der Waals surface area contributed by atoms with Crippen LogP contribution in [0.3, 0.4) is 0 Å². The molecule has 0 amide bonds. The van der Waals surface area contributed by atoms with Crippen LogP contribution in [0.15, 0.2) is 189 Å². The van der Waals surface area contributed by atoms with Gasteiger partial charge in [0, 0.05) is 89.2 Å². The number of pyridine rings is 5. The summed E-state index contributed by atoms with van der Waals surface area (Å²) in [5, 5.41) is 0. The third kappa shape index (κ3) is 18.7. The van der Waals surface area contributed by atoms with E-state index in [1.165, 1.54) is 117 Å². The van der Waals surface area contributed by atoms with Gasteiger partial charge in [0.15, 0.2) is 31.0 Å². The molecule has 0 saturated carbocycles. The molecule has 0 aliphatic carbocycles. The number of hydrogen-bond acceptors (Lipinski definition) is 0. The number of benzene rings is 5. The molecule has 0 unspecified atom stereocenters. The monoisotopic (exact) mass is 1190 g/mol. The second kappa shape index (κ2) is 31.8. The maximum Gasteiger partial charge on any atom is 0.212 e. The molecule has 5 heterocycles. The molecule has 0 atom stereocenters. The standard InChI is InChI=1S/C18H24N.2C17H22N.2C16H20N/c1-14-8-6-7-9-16(14)17-12-15(10-11-19(17)5)13-18(2,3)4;1-12(2)16-10-17(18(5)11-14(16)4)15-9-7-6-8-13(15)3;1-12(2)16-11-18(5)17(10-14(16)4)15-9-7-6-8-13(15)3;1-5-14-10-16(17(4)11-13(14)3)15-9-7-6-8-12(15)2;1-5-14-11-17(4)16(10-13(14)3)15-9-7-6-8-12(15)2/h6-12H,13H2,1-5H3;2*6-12H,1-5H3;2*6-11H,5H2,1-4H3/q5*+1/i13D2;;;;. The van der Waals surface area contributed by atoms with E-state index in [1.807, 2.05) is 62.8 Å². The van der Waals surface area contributed by atoms with E-state index < -0.39 is 11.8 Å². The van der Waals surface area contributed by atoms with Gasteiger partial charge in [-0.05, 0) is 185 Å². The normalized spacial score (nSPS) is 11.5. The SMILES string of the molecule is CCc1c[n+](C)c(-c2ccccc2C)cc1C.CCc1cc(-c2ccccc2C)[n+](C)cc1C.Cc1ccccc1-c1cc(C(C)C)c(C)c[n+]1C.Cc1ccccc1-c1cc(C)c(C(C)C)c[n+]1C.[2H]C([2H])(c1cc[n+](C)c(-c2ccccc2C)c1)C(C)(C)C. The molecule has 0 bridgehead atoms. The summed E-state index contributed by atoms with van der Waals surface area (Å²) in [5.41, 5.74) is 30.6. The van der Waals surface area contributed by atoms with Gasteiger partial charge in [0.1, 0.15) is 35.2 Å². The van der Waals surface area contributed by atoms with Gasteiger partial charge in [-0.3, -0.25) is 0 Å². The molecular formula is C84H108N5+5. The molecule has 10 rings (SSSR count). The first-order valence-electron chi connectivity index (χ1n) is 33.2. The van der Waals surface area contributed by atoms with Gasteiger partial charge < -0.3 is 0 Å². The minimum absolute atomic E-state index is 0.448. The number of hydrogen-bond donors (Lipinski definition) is 0. The van der Waals surface area contributed by atoms with Gasteiger partial charge in [-0.2, -0.15) is 0 Å². The van der Waals surface area contributed by atoms with E-state index in [0.717, 1.165) is 29.7 Å². The van der Waals surface area contributed by atoms with E-state index in [0.29, 0.717) is 11.8 Å².